The number of halogens is 3. The molecule has 4 aromatic rings. The van der Waals surface area contributed by atoms with Crippen LogP contribution >= 0.6 is 11.6 Å². The summed E-state index contributed by atoms with van der Waals surface area (Å²) in [5.41, 5.74) is 1.12. The molecule has 2 aromatic carbocycles. The average molecular weight is 515 g/mol. The Bertz CT molecular complexity index is 1450. The summed E-state index contributed by atoms with van der Waals surface area (Å²) in [4.78, 5) is 16.9. The third-order valence-corrected chi connectivity index (χ3v) is 5.98. The summed E-state index contributed by atoms with van der Waals surface area (Å²) in [6.07, 6.45) is 2.40. The molecular formula is C26H25ClF2N4O3. The lowest BCUT2D eigenvalue weighted by Gasteiger charge is -2.23. The summed E-state index contributed by atoms with van der Waals surface area (Å²) in [5, 5.41) is 17.5. The van der Waals surface area contributed by atoms with Gasteiger partial charge in [0, 0.05) is 16.6 Å². The number of hydrogen-bond donors (Lipinski definition) is 2. The van der Waals surface area contributed by atoms with Gasteiger partial charge in [-0.05, 0) is 57.5 Å². The predicted octanol–water partition coefficient (Wildman–Crippen LogP) is 5.19. The maximum Gasteiger partial charge on any atom is 0.251 e. The highest BCUT2D eigenvalue weighted by Gasteiger charge is 2.27. The van der Waals surface area contributed by atoms with Crippen LogP contribution < -0.4 is 10.1 Å². The smallest absolute Gasteiger partial charge is 0.251 e. The van der Waals surface area contributed by atoms with Gasteiger partial charge in [0.1, 0.15) is 29.3 Å². The van der Waals surface area contributed by atoms with E-state index < -0.39 is 29.2 Å². The maximum atomic E-state index is 14.2. The molecular weight excluding hydrogens is 490 g/mol. The van der Waals surface area contributed by atoms with Crippen molar-refractivity contribution < 1.29 is 23.4 Å². The van der Waals surface area contributed by atoms with E-state index in [1.54, 1.807) is 25.1 Å². The molecule has 188 valence electrons. The number of pyridine rings is 1. The standard InChI is InChI=1S/C26H25ClF2N4O3/c1-14-8-22(33-12-17(29)11-30-33)18-6-5-7-23(24(18)31-14)36-13-20-19(9-16(28)10-21(20)27)15(2)32-25(34)26(3,4)35/h5-12,15,35H,13H2,1-4H3,(H,32,34)/t15-/m0/s1. The lowest BCUT2D eigenvalue weighted by atomic mass is 10.00. The zero-order valence-electron chi connectivity index (χ0n) is 20.1. The molecule has 2 aromatic heterocycles. The number of aliphatic hydroxyl groups is 1. The Kier molecular flexibility index (Phi) is 6.97. The Hall–Kier alpha value is -3.56. The summed E-state index contributed by atoms with van der Waals surface area (Å²) < 4.78 is 35.4. The summed E-state index contributed by atoms with van der Waals surface area (Å²) >= 11 is 6.38. The monoisotopic (exact) mass is 514 g/mol. The third-order valence-electron chi connectivity index (χ3n) is 5.64. The first kappa shape index (κ1) is 25.5. The van der Waals surface area contributed by atoms with E-state index >= 15 is 0 Å². The van der Waals surface area contributed by atoms with E-state index in [9.17, 15) is 18.7 Å². The first-order valence-corrected chi connectivity index (χ1v) is 11.6. The van der Waals surface area contributed by atoms with Gasteiger partial charge in [-0.25, -0.2) is 18.4 Å². The molecule has 0 radical (unpaired) electrons. The Balaban J connectivity index is 1.69. The van der Waals surface area contributed by atoms with Crippen LogP contribution in [0.2, 0.25) is 5.02 Å². The van der Waals surface area contributed by atoms with Gasteiger partial charge in [-0.2, -0.15) is 5.10 Å². The van der Waals surface area contributed by atoms with E-state index in [-0.39, 0.29) is 11.6 Å². The van der Waals surface area contributed by atoms with Crippen LogP contribution in [0, 0.1) is 18.6 Å². The first-order chi connectivity index (χ1) is 16.9. The van der Waals surface area contributed by atoms with Gasteiger partial charge in [0.25, 0.3) is 5.91 Å². The van der Waals surface area contributed by atoms with Crippen molar-refractivity contribution in [3.63, 3.8) is 0 Å². The molecule has 2 heterocycles. The molecule has 0 aliphatic rings. The molecule has 4 rings (SSSR count). The Morgan fingerprint density at radius 1 is 1.25 bits per heavy atom. The molecule has 0 saturated heterocycles. The van der Waals surface area contributed by atoms with Crippen molar-refractivity contribution in [3.8, 4) is 11.4 Å². The number of carbonyl (C=O) groups excluding carboxylic acids is 1. The number of rotatable bonds is 7. The van der Waals surface area contributed by atoms with Gasteiger partial charge in [-0.1, -0.05) is 23.7 Å². The summed E-state index contributed by atoms with van der Waals surface area (Å²) in [7, 11) is 0. The zero-order chi connectivity index (χ0) is 26.2. The first-order valence-electron chi connectivity index (χ1n) is 11.2. The van der Waals surface area contributed by atoms with Crippen molar-refractivity contribution in [3.05, 3.63) is 82.3 Å². The van der Waals surface area contributed by atoms with E-state index in [2.05, 4.69) is 15.4 Å². The van der Waals surface area contributed by atoms with Gasteiger partial charge in [0.2, 0.25) is 0 Å². The third kappa shape index (κ3) is 5.32. The second-order valence-electron chi connectivity index (χ2n) is 9.04. The van der Waals surface area contributed by atoms with Gasteiger partial charge >= 0.3 is 0 Å². The molecule has 36 heavy (non-hydrogen) atoms. The number of para-hydroxylation sites is 1. The Morgan fingerprint density at radius 3 is 2.67 bits per heavy atom. The fraction of sp³-hybridized carbons (Fsp3) is 0.269. The van der Waals surface area contributed by atoms with E-state index in [0.29, 0.717) is 39.2 Å². The number of amides is 1. The molecule has 2 N–H and O–H groups in total. The van der Waals surface area contributed by atoms with Crippen LogP contribution in [0.3, 0.4) is 0 Å². The zero-order valence-corrected chi connectivity index (χ0v) is 20.9. The number of fused-ring (bicyclic) bond motifs is 1. The van der Waals surface area contributed by atoms with E-state index in [1.807, 2.05) is 13.0 Å². The number of ether oxygens (including phenoxy) is 1. The fourth-order valence-corrected chi connectivity index (χ4v) is 4.10. The highest BCUT2D eigenvalue weighted by atomic mass is 35.5. The molecule has 7 nitrogen and oxygen atoms in total. The minimum atomic E-state index is -1.61. The van der Waals surface area contributed by atoms with Gasteiger partial charge in [-0.15, -0.1) is 0 Å². The van der Waals surface area contributed by atoms with Crippen LogP contribution in [-0.4, -0.2) is 31.4 Å². The van der Waals surface area contributed by atoms with Crippen LogP contribution in [0.15, 0.2) is 48.8 Å². The highest BCUT2D eigenvalue weighted by Crippen LogP contribution is 2.32. The molecule has 0 saturated carbocycles. The molecule has 1 atom stereocenters. The minimum Gasteiger partial charge on any atom is -0.487 e. The topological polar surface area (TPSA) is 89.3 Å². The second kappa shape index (κ2) is 9.83. The molecule has 0 bridgehead atoms. The number of nitrogens with one attached hydrogen (secondary N) is 1. The summed E-state index contributed by atoms with van der Waals surface area (Å²) in [6, 6.07) is 8.91. The molecule has 10 heteroatoms. The molecule has 0 spiro atoms. The van der Waals surface area contributed by atoms with Crippen molar-refractivity contribution in [1.82, 2.24) is 20.1 Å². The number of aromatic nitrogens is 3. The van der Waals surface area contributed by atoms with Crippen molar-refractivity contribution in [2.45, 2.75) is 45.9 Å². The van der Waals surface area contributed by atoms with Gasteiger partial charge in [0.15, 0.2) is 5.82 Å². The molecule has 0 unspecified atom stereocenters. The highest BCUT2D eigenvalue weighted by molar-refractivity contribution is 6.31. The van der Waals surface area contributed by atoms with Crippen molar-refractivity contribution in [2.75, 3.05) is 0 Å². The maximum absolute atomic E-state index is 14.2. The number of hydrogen-bond acceptors (Lipinski definition) is 5. The molecule has 0 aliphatic carbocycles. The van der Waals surface area contributed by atoms with Crippen LogP contribution in [0.5, 0.6) is 5.75 Å². The SMILES string of the molecule is Cc1cc(-n2cc(F)cn2)c2cccc(OCc3c(Cl)cc(F)cc3[C@H](C)NC(=O)C(C)(C)O)c2n1. The number of benzene rings is 2. The van der Waals surface area contributed by atoms with Gasteiger partial charge in [0.05, 0.1) is 29.1 Å². The van der Waals surface area contributed by atoms with Crippen LogP contribution in [0.25, 0.3) is 16.6 Å². The fourth-order valence-electron chi connectivity index (χ4n) is 3.83. The number of carbonyl (C=O) groups is 1. The van der Waals surface area contributed by atoms with Crippen molar-refractivity contribution in [1.29, 1.82) is 0 Å². The molecule has 1 amide bonds. The van der Waals surface area contributed by atoms with Crippen LogP contribution in [0.4, 0.5) is 8.78 Å². The summed E-state index contributed by atoms with van der Waals surface area (Å²) in [5.74, 6) is -1.21. The number of nitrogens with zero attached hydrogens (tertiary/aromatic N) is 3. The number of aryl methyl sites for hydroxylation is 1. The molecule has 0 fully saturated rings. The largest absolute Gasteiger partial charge is 0.487 e. The van der Waals surface area contributed by atoms with Gasteiger partial charge in [-0.3, -0.25) is 4.79 Å². The lowest BCUT2D eigenvalue weighted by molar-refractivity contribution is -0.137. The van der Waals surface area contributed by atoms with Gasteiger partial charge < -0.3 is 15.2 Å². The Labute approximate surface area is 211 Å². The van der Waals surface area contributed by atoms with Crippen LogP contribution in [0.1, 0.15) is 43.6 Å². The predicted molar refractivity (Wildman–Crippen MR) is 132 cm³/mol. The summed E-state index contributed by atoms with van der Waals surface area (Å²) in [6.45, 7) is 6.15. The minimum absolute atomic E-state index is 0.0440. The quantitative estimate of drug-likeness (QED) is 0.354. The second-order valence-corrected chi connectivity index (χ2v) is 9.44. The van der Waals surface area contributed by atoms with E-state index in [1.165, 1.54) is 36.9 Å². The van der Waals surface area contributed by atoms with Crippen LogP contribution in [-0.2, 0) is 11.4 Å². The van der Waals surface area contributed by atoms with E-state index in [0.717, 1.165) is 6.20 Å². The lowest BCUT2D eigenvalue weighted by Crippen LogP contribution is -2.43. The Morgan fingerprint density at radius 2 is 2.00 bits per heavy atom. The molecule has 0 aliphatic heterocycles. The van der Waals surface area contributed by atoms with Crippen molar-refractivity contribution in [2.24, 2.45) is 0 Å². The van der Waals surface area contributed by atoms with Crippen molar-refractivity contribution >= 4 is 28.4 Å². The average Bonchev–Trinajstić information content (AvgIpc) is 3.23. The van der Waals surface area contributed by atoms with E-state index in [4.69, 9.17) is 16.3 Å². The normalized spacial score (nSPS) is 12.6.